The summed E-state index contributed by atoms with van der Waals surface area (Å²) in [7, 11) is 0. The van der Waals surface area contributed by atoms with E-state index >= 15 is 0 Å². The molecule has 0 aliphatic heterocycles. The first-order chi connectivity index (χ1) is 6.06. The van der Waals surface area contributed by atoms with Gasteiger partial charge >= 0.3 is 0 Å². The topological polar surface area (TPSA) is 86.7 Å². The number of hydrogen-bond acceptors (Lipinski definition) is 4. The third-order valence-electron chi connectivity index (χ3n) is 1.66. The summed E-state index contributed by atoms with van der Waals surface area (Å²) >= 11 is 0. The molecule has 80 valence electrons. The zero-order valence-electron chi connectivity index (χ0n) is 7.14. The van der Waals surface area contributed by atoms with Gasteiger partial charge in [0.25, 0.3) is 0 Å². The number of hydrogen-bond donors (Lipinski definition) is 4. The molecule has 0 bridgehead atoms. The van der Waals surface area contributed by atoms with E-state index in [0.717, 1.165) is 12.1 Å². The summed E-state index contributed by atoms with van der Waals surface area (Å²) < 4.78 is 12.1. The van der Waals surface area contributed by atoms with Gasteiger partial charge in [-0.25, -0.2) is 4.39 Å². The minimum Gasteiger partial charge on any atom is -0.508 e. The van der Waals surface area contributed by atoms with Crippen molar-refractivity contribution in [1.82, 2.24) is 0 Å². The third-order valence-corrected chi connectivity index (χ3v) is 1.66. The highest BCUT2D eigenvalue weighted by Crippen LogP contribution is 2.35. The van der Waals surface area contributed by atoms with Crippen LogP contribution in [-0.2, 0) is 0 Å². The van der Waals surface area contributed by atoms with E-state index in [1.165, 1.54) is 0 Å². The van der Waals surface area contributed by atoms with Crippen LogP contribution in [0.3, 0.4) is 0 Å². The van der Waals surface area contributed by atoms with E-state index in [1.807, 2.05) is 0 Å². The van der Waals surface area contributed by atoms with Crippen LogP contribution in [0, 0.1) is 0 Å². The zero-order valence-corrected chi connectivity index (χ0v) is 7.96. The van der Waals surface area contributed by atoms with Gasteiger partial charge in [-0.2, -0.15) is 0 Å². The normalized spacial score (nSPS) is 11.9. The van der Waals surface area contributed by atoms with Crippen molar-refractivity contribution < 1.29 is 19.7 Å². The summed E-state index contributed by atoms with van der Waals surface area (Å²) in [5.41, 5.74) is 5.17. The minimum absolute atomic E-state index is 0. The molecule has 0 heterocycles. The van der Waals surface area contributed by atoms with E-state index in [2.05, 4.69) is 0 Å². The quantitative estimate of drug-likeness (QED) is 0.607. The van der Waals surface area contributed by atoms with Crippen LogP contribution in [0.25, 0.3) is 0 Å². The van der Waals surface area contributed by atoms with Gasteiger partial charge in [-0.1, -0.05) is 0 Å². The van der Waals surface area contributed by atoms with Gasteiger partial charge in [0, 0.05) is 12.1 Å². The molecule has 0 spiro atoms. The maximum absolute atomic E-state index is 12.1. The molecule has 6 heteroatoms. The lowest BCUT2D eigenvalue weighted by Crippen LogP contribution is -2.12. The Morgan fingerprint density at radius 1 is 1.21 bits per heavy atom. The molecule has 0 amide bonds. The maximum Gasteiger partial charge on any atom is 0.127 e. The molecule has 0 radical (unpaired) electrons. The van der Waals surface area contributed by atoms with Gasteiger partial charge in [-0.3, -0.25) is 0 Å². The molecular weight excluding hydrogens is 213 g/mol. The molecule has 1 aromatic carbocycles. The summed E-state index contributed by atoms with van der Waals surface area (Å²) in [6.45, 7) is -0.897. The Labute approximate surface area is 86.2 Å². The number of nitrogens with two attached hydrogens (primary N) is 1. The van der Waals surface area contributed by atoms with E-state index in [9.17, 15) is 14.6 Å². The highest BCUT2D eigenvalue weighted by molar-refractivity contribution is 5.85. The van der Waals surface area contributed by atoms with Crippen LogP contribution in [0.5, 0.6) is 17.2 Å². The Hall–Kier alpha value is -1.20. The fourth-order valence-corrected chi connectivity index (χ4v) is 1.07. The Bertz CT molecular complexity index is 298. The standard InChI is InChI=1S/C8H10FNO3.ClH/c9-3-5(10)8-6(12)1-4(11)2-7(8)13;/h1-2,5,11-13H,3,10H2;1H/t5-;/m1./s1. The van der Waals surface area contributed by atoms with Crippen molar-refractivity contribution in [3.05, 3.63) is 17.7 Å². The number of phenols is 3. The lowest BCUT2D eigenvalue weighted by molar-refractivity contribution is 0.385. The first kappa shape index (κ1) is 12.8. The second-order valence-corrected chi connectivity index (χ2v) is 2.66. The van der Waals surface area contributed by atoms with Gasteiger partial charge in [0.15, 0.2) is 0 Å². The van der Waals surface area contributed by atoms with Crippen LogP contribution in [0.2, 0.25) is 0 Å². The predicted molar refractivity (Wildman–Crippen MR) is 51.6 cm³/mol. The first-order valence-corrected chi connectivity index (χ1v) is 3.62. The largest absolute Gasteiger partial charge is 0.508 e. The second kappa shape index (κ2) is 4.88. The lowest BCUT2D eigenvalue weighted by Gasteiger charge is -2.11. The van der Waals surface area contributed by atoms with Crippen molar-refractivity contribution in [2.45, 2.75) is 6.04 Å². The number of rotatable bonds is 2. The van der Waals surface area contributed by atoms with Gasteiger partial charge in [-0.15, -0.1) is 12.4 Å². The number of halogens is 2. The monoisotopic (exact) mass is 223 g/mol. The molecule has 4 nitrogen and oxygen atoms in total. The molecule has 0 fully saturated rings. The predicted octanol–water partition coefficient (Wildman–Crippen LogP) is 1.19. The molecule has 14 heavy (non-hydrogen) atoms. The Morgan fingerprint density at radius 2 is 1.64 bits per heavy atom. The Kier molecular flexibility index (Phi) is 4.46. The molecule has 0 saturated heterocycles. The van der Waals surface area contributed by atoms with E-state index in [4.69, 9.17) is 10.8 Å². The van der Waals surface area contributed by atoms with Gasteiger partial charge in [0.2, 0.25) is 0 Å². The zero-order chi connectivity index (χ0) is 10.0. The van der Waals surface area contributed by atoms with E-state index in [-0.39, 0.29) is 23.7 Å². The van der Waals surface area contributed by atoms with Gasteiger partial charge < -0.3 is 21.1 Å². The fraction of sp³-hybridized carbons (Fsp3) is 0.250. The van der Waals surface area contributed by atoms with E-state index in [1.54, 1.807) is 0 Å². The highest BCUT2D eigenvalue weighted by atomic mass is 35.5. The van der Waals surface area contributed by atoms with Crippen LogP contribution >= 0.6 is 12.4 Å². The van der Waals surface area contributed by atoms with E-state index in [0.29, 0.717) is 0 Å². The van der Waals surface area contributed by atoms with Crippen molar-refractivity contribution in [2.24, 2.45) is 5.73 Å². The number of alkyl halides is 1. The van der Waals surface area contributed by atoms with E-state index < -0.39 is 24.2 Å². The summed E-state index contributed by atoms with van der Waals surface area (Å²) in [6, 6.07) is 0.899. The maximum atomic E-state index is 12.1. The molecule has 0 aromatic heterocycles. The van der Waals surface area contributed by atoms with Crippen LogP contribution in [0.1, 0.15) is 11.6 Å². The molecule has 0 aliphatic rings. The molecular formula is C8H11ClFNO3. The minimum atomic E-state index is -1.08. The Morgan fingerprint density at radius 3 is 2.00 bits per heavy atom. The molecule has 1 atom stereocenters. The summed E-state index contributed by atoms with van der Waals surface area (Å²) in [4.78, 5) is 0. The molecule has 0 unspecified atom stereocenters. The fourth-order valence-electron chi connectivity index (χ4n) is 1.07. The molecule has 1 rings (SSSR count). The molecule has 0 saturated carbocycles. The highest BCUT2D eigenvalue weighted by Gasteiger charge is 2.16. The van der Waals surface area contributed by atoms with Gasteiger partial charge in [0.1, 0.15) is 23.9 Å². The first-order valence-electron chi connectivity index (χ1n) is 3.62. The third kappa shape index (κ3) is 2.40. The summed E-state index contributed by atoms with van der Waals surface area (Å²) in [5, 5.41) is 27.3. The number of benzene rings is 1. The van der Waals surface area contributed by atoms with Gasteiger partial charge in [-0.05, 0) is 0 Å². The average molecular weight is 224 g/mol. The van der Waals surface area contributed by atoms with Gasteiger partial charge in [0.05, 0.1) is 11.6 Å². The summed E-state index contributed by atoms with van der Waals surface area (Å²) in [6.07, 6.45) is 0. The second-order valence-electron chi connectivity index (χ2n) is 2.66. The number of aromatic hydroxyl groups is 3. The van der Waals surface area contributed by atoms with Crippen molar-refractivity contribution in [3.63, 3.8) is 0 Å². The van der Waals surface area contributed by atoms with Crippen molar-refractivity contribution in [1.29, 1.82) is 0 Å². The van der Waals surface area contributed by atoms with Crippen LogP contribution in [0.15, 0.2) is 12.1 Å². The van der Waals surface area contributed by atoms with Crippen LogP contribution in [-0.4, -0.2) is 22.0 Å². The van der Waals surface area contributed by atoms with Crippen LogP contribution < -0.4 is 5.73 Å². The smallest absolute Gasteiger partial charge is 0.127 e. The SMILES string of the molecule is Cl.N[C@H](CF)c1c(O)cc(O)cc1O. The van der Waals surface area contributed by atoms with Crippen molar-refractivity contribution in [3.8, 4) is 17.2 Å². The van der Waals surface area contributed by atoms with Crippen molar-refractivity contribution in [2.75, 3.05) is 6.67 Å². The molecule has 0 aliphatic carbocycles. The average Bonchev–Trinajstić information content (AvgIpc) is 2.02. The lowest BCUT2D eigenvalue weighted by atomic mass is 10.1. The summed E-state index contributed by atoms with van der Waals surface area (Å²) in [5.74, 6) is -1.13. The molecule has 5 N–H and O–H groups in total. The molecule has 1 aromatic rings. The van der Waals surface area contributed by atoms with Crippen molar-refractivity contribution >= 4 is 12.4 Å². The Balaban J connectivity index is 0.00000169. The van der Waals surface area contributed by atoms with Crippen LogP contribution in [0.4, 0.5) is 4.39 Å². The number of phenolic OH excluding ortho intramolecular Hbond substituents is 3.